The fourth-order valence-corrected chi connectivity index (χ4v) is 2.65. The van der Waals surface area contributed by atoms with Crippen molar-refractivity contribution in [2.75, 3.05) is 6.61 Å². The molecule has 0 radical (unpaired) electrons. The average Bonchev–Trinajstić information content (AvgIpc) is 2.77. The summed E-state index contributed by atoms with van der Waals surface area (Å²) in [6.07, 6.45) is 0. The predicted octanol–water partition coefficient (Wildman–Crippen LogP) is 4.18. The minimum Gasteiger partial charge on any atom is -0.477 e. The highest BCUT2D eigenvalue weighted by Gasteiger charge is 2.14. The molecule has 146 valence electrons. The van der Waals surface area contributed by atoms with E-state index in [0.717, 1.165) is 16.7 Å². The van der Waals surface area contributed by atoms with Crippen LogP contribution in [0.2, 0.25) is 0 Å². The van der Waals surface area contributed by atoms with Crippen molar-refractivity contribution in [3.63, 3.8) is 0 Å². The first-order valence-electron chi connectivity index (χ1n) is 8.90. The number of rotatable bonds is 7. The topological polar surface area (TPSA) is 93.8 Å². The second-order valence-electron chi connectivity index (χ2n) is 6.19. The quantitative estimate of drug-likeness (QED) is 0.373. The molecule has 0 spiro atoms. The van der Waals surface area contributed by atoms with Crippen molar-refractivity contribution >= 4 is 17.3 Å². The summed E-state index contributed by atoms with van der Waals surface area (Å²) < 4.78 is 5.24. The lowest BCUT2D eigenvalue weighted by molar-refractivity contribution is -0.385. The van der Waals surface area contributed by atoms with Gasteiger partial charge in [0.1, 0.15) is 0 Å². The largest absolute Gasteiger partial charge is 0.477 e. The van der Waals surface area contributed by atoms with Crippen LogP contribution in [0.3, 0.4) is 0 Å². The van der Waals surface area contributed by atoms with Crippen LogP contribution < -0.4 is 10.2 Å². The Kier molecular flexibility index (Phi) is 6.32. The third-order valence-electron chi connectivity index (χ3n) is 4.18. The maximum atomic E-state index is 12.0. The second-order valence-corrected chi connectivity index (χ2v) is 6.19. The van der Waals surface area contributed by atoms with Crippen molar-refractivity contribution in [3.8, 4) is 16.9 Å². The molecular formula is C22H19N3O4. The van der Waals surface area contributed by atoms with Gasteiger partial charge in [-0.2, -0.15) is 5.10 Å². The Morgan fingerprint density at radius 1 is 0.966 bits per heavy atom. The molecule has 0 fully saturated rings. The Morgan fingerprint density at radius 2 is 1.59 bits per heavy atom. The predicted molar refractivity (Wildman–Crippen MR) is 111 cm³/mol. The smallest absolute Gasteiger partial charge is 0.310 e. The van der Waals surface area contributed by atoms with E-state index in [1.54, 1.807) is 13.0 Å². The summed E-state index contributed by atoms with van der Waals surface area (Å²) in [6, 6.07) is 23.7. The zero-order valence-electron chi connectivity index (χ0n) is 15.7. The van der Waals surface area contributed by atoms with Gasteiger partial charge in [0.05, 0.1) is 10.6 Å². The Balaban J connectivity index is 1.58. The Labute approximate surface area is 167 Å². The molecule has 0 heterocycles. The maximum Gasteiger partial charge on any atom is 0.310 e. The van der Waals surface area contributed by atoms with E-state index in [0.29, 0.717) is 5.71 Å². The van der Waals surface area contributed by atoms with Crippen molar-refractivity contribution in [3.05, 3.63) is 94.5 Å². The number of hydrogen-bond acceptors (Lipinski definition) is 5. The van der Waals surface area contributed by atoms with E-state index in [4.69, 9.17) is 4.74 Å². The highest BCUT2D eigenvalue weighted by Crippen LogP contribution is 2.25. The van der Waals surface area contributed by atoms with E-state index in [1.165, 1.54) is 18.2 Å². The Bertz CT molecular complexity index is 1030. The van der Waals surface area contributed by atoms with E-state index >= 15 is 0 Å². The van der Waals surface area contributed by atoms with Gasteiger partial charge in [0.2, 0.25) is 0 Å². The molecule has 7 nitrogen and oxygen atoms in total. The highest BCUT2D eigenvalue weighted by molar-refractivity contribution is 5.99. The molecular weight excluding hydrogens is 370 g/mol. The molecule has 7 heteroatoms. The Hall–Kier alpha value is -4.00. The number of carbonyl (C=O) groups is 1. The molecule has 1 amide bonds. The molecule has 1 N–H and O–H groups in total. The van der Waals surface area contributed by atoms with Crippen molar-refractivity contribution in [2.45, 2.75) is 6.92 Å². The van der Waals surface area contributed by atoms with Crippen molar-refractivity contribution in [1.82, 2.24) is 5.43 Å². The van der Waals surface area contributed by atoms with Crippen molar-refractivity contribution < 1.29 is 14.5 Å². The Morgan fingerprint density at radius 3 is 2.28 bits per heavy atom. The first-order chi connectivity index (χ1) is 14.0. The molecule has 0 aliphatic carbocycles. The number of nitrogens with one attached hydrogen (secondary N) is 1. The van der Waals surface area contributed by atoms with Crippen LogP contribution in [-0.2, 0) is 4.79 Å². The molecule has 0 aliphatic heterocycles. The van der Waals surface area contributed by atoms with E-state index in [9.17, 15) is 14.9 Å². The first-order valence-corrected chi connectivity index (χ1v) is 8.90. The highest BCUT2D eigenvalue weighted by atomic mass is 16.6. The van der Waals surface area contributed by atoms with E-state index in [2.05, 4.69) is 10.5 Å². The molecule has 3 aromatic rings. The van der Waals surface area contributed by atoms with Crippen LogP contribution in [0.1, 0.15) is 12.5 Å². The molecule has 3 aromatic carbocycles. The number of hydrazone groups is 1. The van der Waals surface area contributed by atoms with Crippen molar-refractivity contribution in [1.29, 1.82) is 0 Å². The van der Waals surface area contributed by atoms with Crippen LogP contribution in [0, 0.1) is 10.1 Å². The monoisotopic (exact) mass is 389 g/mol. The molecule has 0 aromatic heterocycles. The van der Waals surface area contributed by atoms with Gasteiger partial charge in [-0.1, -0.05) is 66.7 Å². The summed E-state index contributed by atoms with van der Waals surface area (Å²) in [5.74, 6) is -0.478. The van der Waals surface area contributed by atoms with Crippen molar-refractivity contribution in [2.24, 2.45) is 5.10 Å². The SMILES string of the molecule is CC(=NNC(=O)COc1ccccc1[N+](=O)[O-])c1ccc(-c2ccccc2)cc1. The number of nitro groups is 1. The van der Waals surface area contributed by atoms with E-state index in [-0.39, 0.29) is 18.0 Å². The summed E-state index contributed by atoms with van der Waals surface area (Å²) in [7, 11) is 0. The van der Waals surface area contributed by atoms with Crippen LogP contribution in [0.25, 0.3) is 11.1 Å². The van der Waals surface area contributed by atoms with Gasteiger partial charge in [-0.25, -0.2) is 5.43 Å². The minimum absolute atomic E-state index is 0.0323. The van der Waals surface area contributed by atoms with Gasteiger partial charge < -0.3 is 4.74 Å². The molecule has 0 unspecified atom stereocenters. The van der Waals surface area contributed by atoms with Gasteiger partial charge in [0.25, 0.3) is 5.91 Å². The van der Waals surface area contributed by atoms with E-state index < -0.39 is 10.8 Å². The fourth-order valence-electron chi connectivity index (χ4n) is 2.65. The van der Waals surface area contributed by atoms with Gasteiger partial charge in [0, 0.05) is 6.07 Å². The molecule has 0 bridgehead atoms. The van der Waals surface area contributed by atoms with Crippen LogP contribution in [0.5, 0.6) is 5.75 Å². The van der Waals surface area contributed by atoms with E-state index in [1.807, 2.05) is 54.6 Å². The third-order valence-corrected chi connectivity index (χ3v) is 4.18. The van der Waals surface area contributed by atoms with Gasteiger partial charge in [-0.15, -0.1) is 0 Å². The van der Waals surface area contributed by atoms with Gasteiger partial charge in [-0.05, 0) is 29.7 Å². The van der Waals surface area contributed by atoms with Gasteiger partial charge >= 0.3 is 5.69 Å². The number of carbonyl (C=O) groups excluding carboxylic acids is 1. The zero-order chi connectivity index (χ0) is 20.6. The summed E-state index contributed by atoms with van der Waals surface area (Å²) in [6.45, 7) is 1.40. The third kappa shape index (κ3) is 5.26. The first kappa shape index (κ1) is 19.8. The number of para-hydroxylation sites is 2. The molecule has 0 saturated heterocycles. The number of hydrogen-bond donors (Lipinski definition) is 1. The summed E-state index contributed by atoms with van der Waals surface area (Å²) in [5.41, 5.74) is 5.90. The average molecular weight is 389 g/mol. The van der Waals surface area contributed by atoms with Crippen LogP contribution in [0.4, 0.5) is 5.69 Å². The number of nitro benzene ring substituents is 1. The number of benzene rings is 3. The molecule has 0 aliphatic rings. The lowest BCUT2D eigenvalue weighted by Crippen LogP contribution is -2.25. The fraction of sp³-hybridized carbons (Fsp3) is 0.0909. The lowest BCUT2D eigenvalue weighted by atomic mass is 10.0. The zero-order valence-corrected chi connectivity index (χ0v) is 15.7. The molecule has 0 atom stereocenters. The van der Waals surface area contributed by atoms with Crippen LogP contribution in [0.15, 0.2) is 84.0 Å². The van der Waals surface area contributed by atoms with Crippen LogP contribution >= 0.6 is 0 Å². The van der Waals surface area contributed by atoms with Gasteiger partial charge in [0.15, 0.2) is 12.4 Å². The summed E-state index contributed by atoms with van der Waals surface area (Å²) >= 11 is 0. The normalized spacial score (nSPS) is 11.0. The maximum absolute atomic E-state index is 12.0. The second kappa shape index (κ2) is 9.27. The molecule has 0 saturated carbocycles. The number of ether oxygens (including phenoxy) is 1. The summed E-state index contributed by atoms with van der Waals surface area (Å²) in [4.78, 5) is 22.4. The summed E-state index contributed by atoms with van der Waals surface area (Å²) in [5, 5.41) is 15.0. The standard InChI is InChI=1S/C22H19N3O4/c1-16(17-11-13-19(14-12-17)18-7-3-2-4-8-18)23-24-22(26)15-29-21-10-6-5-9-20(21)25(27)28/h2-14H,15H2,1H3,(H,24,26). The molecule has 29 heavy (non-hydrogen) atoms. The molecule has 3 rings (SSSR count). The minimum atomic E-state index is -0.561. The van der Waals surface area contributed by atoms with Crippen LogP contribution in [-0.4, -0.2) is 23.1 Å². The van der Waals surface area contributed by atoms with Gasteiger partial charge in [-0.3, -0.25) is 14.9 Å². The number of nitrogens with zero attached hydrogens (tertiary/aromatic N) is 2. The number of amides is 1. The lowest BCUT2D eigenvalue weighted by Gasteiger charge is -2.07.